The van der Waals surface area contributed by atoms with E-state index in [1.54, 1.807) is 6.08 Å². The zero-order valence-electron chi connectivity index (χ0n) is 8.41. The highest BCUT2D eigenvalue weighted by molar-refractivity contribution is 6.29. The number of allylic oxidation sites excluding steroid dienone is 1. The van der Waals surface area contributed by atoms with Gasteiger partial charge in [0.15, 0.2) is 0 Å². The van der Waals surface area contributed by atoms with Gasteiger partial charge in [-0.15, -0.1) is 0 Å². The molecule has 0 amide bonds. The van der Waals surface area contributed by atoms with Crippen LogP contribution in [-0.2, 0) is 0 Å². The van der Waals surface area contributed by atoms with Gasteiger partial charge in [-0.2, -0.15) is 0 Å². The van der Waals surface area contributed by atoms with E-state index < -0.39 is 0 Å². The van der Waals surface area contributed by atoms with Crippen LogP contribution in [0.3, 0.4) is 0 Å². The molecule has 0 aromatic carbocycles. The van der Waals surface area contributed by atoms with Gasteiger partial charge in [0.25, 0.3) is 0 Å². The van der Waals surface area contributed by atoms with E-state index in [-0.39, 0.29) is 11.2 Å². The van der Waals surface area contributed by atoms with Gasteiger partial charge in [0.2, 0.25) is 0 Å². The zero-order chi connectivity index (χ0) is 11.0. The quantitative estimate of drug-likeness (QED) is 0.440. The van der Waals surface area contributed by atoms with Gasteiger partial charge in [0, 0.05) is 25.2 Å². The molecule has 1 fully saturated rings. The molecule has 2 rings (SSSR count). The smallest absolute Gasteiger partial charge is 0.120 e. The van der Waals surface area contributed by atoms with Crippen LogP contribution >= 0.6 is 11.6 Å². The highest BCUT2D eigenvalue weighted by Gasteiger charge is 2.34. The second-order valence-electron chi connectivity index (χ2n) is 4.01. The van der Waals surface area contributed by atoms with Crippen molar-refractivity contribution < 1.29 is 0 Å². The Morgan fingerprint density at radius 2 is 2.33 bits per heavy atom. The maximum absolute atomic E-state index is 5.92. The number of nitrogens with one attached hydrogen (secondary N) is 1. The van der Waals surface area contributed by atoms with Gasteiger partial charge in [-0.3, -0.25) is 0 Å². The van der Waals surface area contributed by atoms with Crippen LogP contribution in [-0.4, -0.2) is 30.1 Å². The minimum absolute atomic E-state index is 0.197. The van der Waals surface area contributed by atoms with Crippen LogP contribution in [0.2, 0.25) is 0 Å². The monoisotopic (exact) mass is 229 g/mol. The number of hydrogen-bond acceptors (Lipinski definition) is 5. The minimum Gasteiger partial charge on any atom is -0.389 e. The average Bonchev–Trinajstić information content (AvgIpc) is 2.51. The van der Waals surface area contributed by atoms with Crippen molar-refractivity contribution in [1.29, 1.82) is 0 Å². The molecule has 0 radical (unpaired) electrons. The number of hydrogen-bond donors (Lipinski definition) is 4. The normalized spacial score (nSPS) is 31.6. The maximum Gasteiger partial charge on any atom is 0.120 e. The van der Waals surface area contributed by atoms with Crippen molar-refractivity contribution >= 4 is 11.6 Å². The highest BCUT2D eigenvalue weighted by Crippen LogP contribution is 2.26. The lowest BCUT2D eigenvalue weighted by molar-refractivity contribution is 0.295. The van der Waals surface area contributed by atoms with Crippen molar-refractivity contribution in [1.82, 2.24) is 10.2 Å². The van der Waals surface area contributed by atoms with Crippen molar-refractivity contribution in [3.63, 3.8) is 0 Å². The summed E-state index contributed by atoms with van der Waals surface area (Å²) in [7, 11) is 0. The fourth-order valence-corrected chi connectivity index (χ4v) is 2.31. The van der Waals surface area contributed by atoms with Crippen LogP contribution < -0.4 is 22.5 Å². The van der Waals surface area contributed by atoms with Crippen LogP contribution in [0.15, 0.2) is 22.8 Å². The summed E-state index contributed by atoms with van der Waals surface area (Å²) in [5.41, 5.74) is 18.1. The van der Waals surface area contributed by atoms with E-state index in [1.165, 1.54) is 0 Å². The van der Waals surface area contributed by atoms with E-state index in [0.717, 1.165) is 25.2 Å². The molecule has 5 nitrogen and oxygen atoms in total. The predicted molar refractivity (Wildman–Crippen MR) is 60.4 cm³/mol. The van der Waals surface area contributed by atoms with Crippen molar-refractivity contribution in [3.8, 4) is 0 Å². The molecule has 0 aromatic rings. The standard InChI is InChI=1S/C9H16ClN5/c10-8(12)2-7-9(13)14-3-6-1-5(11)4-15(6)7/h2,5-6,14H,1,3-4,11-13H2/b8-2-. The number of nitrogens with zero attached hydrogens (tertiary/aromatic N) is 1. The first-order valence-electron chi connectivity index (χ1n) is 4.96. The van der Waals surface area contributed by atoms with Gasteiger partial charge in [-0.1, -0.05) is 11.6 Å². The first-order chi connectivity index (χ1) is 7.08. The second kappa shape index (κ2) is 3.83. The Bertz CT molecular complexity index is 320. The van der Waals surface area contributed by atoms with Crippen LogP contribution in [0.1, 0.15) is 6.42 Å². The molecule has 0 aliphatic carbocycles. The molecule has 2 aliphatic rings. The lowest BCUT2D eigenvalue weighted by Crippen LogP contribution is -2.45. The van der Waals surface area contributed by atoms with E-state index in [9.17, 15) is 0 Å². The molecule has 15 heavy (non-hydrogen) atoms. The van der Waals surface area contributed by atoms with Crippen LogP contribution in [0.4, 0.5) is 0 Å². The third-order valence-electron chi connectivity index (χ3n) is 2.83. The van der Waals surface area contributed by atoms with E-state index in [2.05, 4.69) is 10.2 Å². The fourth-order valence-electron chi connectivity index (χ4n) is 2.21. The van der Waals surface area contributed by atoms with E-state index in [0.29, 0.717) is 11.9 Å². The fraction of sp³-hybridized carbons (Fsp3) is 0.556. The topological polar surface area (TPSA) is 93.3 Å². The zero-order valence-corrected chi connectivity index (χ0v) is 9.17. The largest absolute Gasteiger partial charge is 0.389 e. The Hall–Kier alpha value is -1.07. The molecule has 2 atom stereocenters. The molecule has 7 N–H and O–H groups in total. The van der Waals surface area contributed by atoms with Gasteiger partial charge in [0.05, 0.1) is 5.70 Å². The summed E-state index contributed by atoms with van der Waals surface area (Å²) < 4.78 is 0. The van der Waals surface area contributed by atoms with E-state index in [4.69, 9.17) is 28.8 Å². The Morgan fingerprint density at radius 1 is 1.60 bits per heavy atom. The number of fused-ring (bicyclic) bond motifs is 1. The molecule has 1 saturated heterocycles. The molecule has 6 heteroatoms. The number of rotatable bonds is 1. The Balaban J connectivity index is 2.28. The van der Waals surface area contributed by atoms with E-state index in [1.807, 2.05) is 0 Å². The first kappa shape index (κ1) is 10.4. The van der Waals surface area contributed by atoms with Gasteiger partial charge in [-0.05, 0) is 12.5 Å². The predicted octanol–water partition coefficient (Wildman–Crippen LogP) is -0.842. The maximum atomic E-state index is 5.92. The molecular weight excluding hydrogens is 214 g/mol. The number of halogens is 1. The van der Waals surface area contributed by atoms with Crippen molar-refractivity contribution in [2.75, 3.05) is 13.1 Å². The summed E-state index contributed by atoms with van der Waals surface area (Å²) >= 11 is 5.67. The SMILES string of the molecule is NC1=C(/C=C(\N)Cl)N2CC(N)CC2CN1. The molecular formula is C9H16ClN5. The molecule has 2 heterocycles. The Labute approximate surface area is 93.9 Å². The highest BCUT2D eigenvalue weighted by atomic mass is 35.5. The van der Waals surface area contributed by atoms with Gasteiger partial charge in [0.1, 0.15) is 11.0 Å². The minimum atomic E-state index is 0.197. The van der Waals surface area contributed by atoms with Crippen molar-refractivity contribution in [2.24, 2.45) is 17.2 Å². The van der Waals surface area contributed by atoms with Crippen LogP contribution in [0.25, 0.3) is 0 Å². The van der Waals surface area contributed by atoms with Gasteiger partial charge >= 0.3 is 0 Å². The van der Waals surface area contributed by atoms with Gasteiger partial charge < -0.3 is 27.4 Å². The molecule has 0 bridgehead atoms. The summed E-state index contributed by atoms with van der Waals surface area (Å²) in [4.78, 5) is 2.17. The van der Waals surface area contributed by atoms with Crippen molar-refractivity contribution in [3.05, 3.63) is 22.8 Å². The summed E-state index contributed by atoms with van der Waals surface area (Å²) in [6, 6.07) is 0.595. The molecule has 0 spiro atoms. The Morgan fingerprint density at radius 3 is 3.00 bits per heavy atom. The van der Waals surface area contributed by atoms with Crippen molar-refractivity contribution in [2.45, 2.75) is 18.5 Å². The molecule has 0 aromatic heterocycles. The third kappa shape index (κ3) is 1.98. The van der Waals surface area contributed by atoms with Gasteiger partial charge in [-0.25, -0.2) is 0 Å². The summed E-state index contributed by atoms with van der Waals surface area (Å²) in [6.45, 7) is 1.64. The summed E-state index contributed by atoms with van der Waals surface area (Å²) in [6.07, 6.45) is 2.65. The first-order valence-corrected chi connectivity index (χ1v) is 5.34. The molecule has 0 saturated carbocycles. The van der Waals surface area contributed by atoms with Crippen LogP contribution in [0.5, 0.6) is 0 Å². The number of nitrogens with two attached hydrogens (primary N) is 3. The average molecular weight is 230 g/mol. The van der Waals surface area contributed by atoms with Crippen LogP contribution in [0, 0.1) is 0 Å². The van der Waals surface area contributed by atoms with E-state index >= 15 is 0 Å². The lowest BCUT2D eigenvalue weighted by atomic mass is 10.1. The Kier molecular flexibility index (Phi) is 2.67. The molecule has 2 unspecified atom stereocenters. The lowest BCUT2D eigenvalue weighted by Gasteiger charge is -2.34. The third-order valence-corrected chi connectivity index (χ3v) is 2.94. The molecule has 84 valence electrons. The summed E-state index contributed by atoms with van der Waals surface area (Å²) in [5, 5.41) is 3.36. The molecule has 2 aliphatic heterocycles. The summed E-state index contributed by atoms with van der Waals surface area (Å²) in [5.74, 6) is 0.615. The second-order valence-corrected chi connectivity index (χ2v) is 4.45.